The van der Waals surface area contributed by atoms with Crippen LogP contribution in [0.4, 0.5) is 0 Å². The van der Waals surface area contributed by atoms with Gasteiger partial charge in [-0.05, 0) is 12.5 Å². The second-order valence-electron chi connectivity index (χ2n) is 3.94. The summed E-state index contributed by atoms with van der Waals surface area (Å²) in [7, 11) is 0. The zero-order valence-corrected chi connectivity index (χ0v) is 10.0. The van der Waals surface area contributed by atoms with Crippen LogP contribution in [0.3, 0.4) is 0 Å². The van der Waals surface area contributed by atoms with Crippen LogP contribution in [-0.2, 0) is 13.1 Å². The highest BCUT2D eigenvalue weighted by Gasteiger charge is 2.09. The average molecular weight is 246 g/mol. The summed E-state index contributed by atoms with van der Waals surface area (Å²) in [6, 6.07) is 10.4. The van der Waals surface area contributed by atoms with E-state index < -0.39 is 11.2 Å². The first-order valence-corrected chi connectivity index (χ1v) is 5.71. The molecule has 1 aromatic carbocycles. The summed E-state index contributed by atoms with van der Waals surface area (Å²) in [5, 5.41) is 9.70. The van der Waals surface area contributed by atoms with Crippen molar-refractivity contribution in [2.24, 2.45) is 0 Å². The molecular formula is C13H14N2O3. The Morgan fingerprint density at radius 2 is 1.78 bits per heavy atom. The van der Waals surface area contributed by atoms with E-state index in [2.05, 4.69) is 0 Å². The molecule has 0 unspecified atom stereocenters. The third kappa shape index (κ3) is 2.20. The standard InChI is InChI=1S/C13H14N2O3/c1-2-14-11(16)8-12(17)15(13(14)18)9-10-6-4-3-5-7-10/h3-8,17H,2,9H2,1H3. The zero-order valence-electron chi connectivity index (χ0n) is 10.0. The summed E-state index contributed by atoms with van der Waals surface area (Å²) in [4.78, 5) is 23.5. The minimum atomic E-state index is -0.494. The smallest absolute Gasteiger partial charge is 0.334 e. The van der Waals surface area contributed by atoms with E-state index in [1.807, 2.05) is 30.3 Å². The lowest BCUT2D eigenvalue weighted by atomic mass is 10.2. The van der Waals surface area contributed by atoms with Gasteiger partial charge in [0.1, 0.15) is 0 Å². The highest BCUT2D eigenvalue weighted by Crippen LogP contribution is 2.06. The molecule has 2 rings (SSSR count). The summed E-state index contributed by atoms with van der Waals surface area (Å²) in [6.07, 6.45) is 0. The predicted molar refractivity (Wildman–Crippen MR) is 67.8 cm³/mol. The molecule has 1 N–H and O–H groups in total. The number of aromatic hydroxyl groups is 1. The Labute approximate surface area is 104 Å². The number of hydrogen-bond donors (Lipinski definition) is 1. The Morgan fingerprint density at radius 1 is 1.11 bits per heavy atom. The highest BCUT2D eigenvalue weighted by atomic mass is 16.3. The van der Waals surface area contributed by atoms with Crippen molar-refractivity contribution in [1.82, 2.24) is 9.13 Å². The molecule has 0 aliphatic rings. The monoisotopic (exact) mass is 246 g/mol. The lowest BCUT2D eigenvalue weighted by Gasteiger charge is -2.10. The maximum atomic E-state index is 12.0. The molecule has 0 aliphatic carbocycles. The summed E-state index contributed by atoms with van der Waals surface area (Å²) in [5.41, 5.74) is -0.0909. The second kappa shape index (κ2) is 4.91. The van der Waals surface area contributed by atoms with Gasteiger partial charge in [0.25, 0.3) is 5.56 Å². The van der Waals surface area contributed by atoms with Crippen molar-refractivity contribution in [3.8, 4) is 5.88 Å². The summed E-state index contributed by atoms with van der Waals surface area (Å²) in [6.45, 7) is 2.24. The number of nitrogens with zero attached hydrogens (tertiary/aromatic N) is 2. The molecule has 5 nitrogen and oxygen atoms in total. The Morgan fingerprint density at radius 3 is 2.39 bits per heavy atom. The van der Waals surface area contributed by atoms with Gasteiger partial charge in [-0.1, -0.05) is 30.3 Å². The van der Waals surface area contributed by atoms with Crippen LogP contribution in [0.5, 0.6) is 5.88 Å². The number of hydrogen-bond acceptors (Lipinski definition) is 3. The molecule has 0 atom stereocenters. The fourth-order valence-electron chi connectivity index (χ4n) is 1.81. The molecule has 1 aromatic heterocycles. The molecule has 0 radical (unpaired) electrons. The molecule has 0 amide bonds. The molecule has 0 bridgehead atoms. The van der Waals surface area contributed by atoms with Gasteiger partial charge in [-0.2, -0.15) is 0 Å². The lowest BCUT2D eigenvalue weighted by Crippen LogP contribution is -2.38. The number of rotatable bonds is 3. The van der Waals surface area contributed by atoms with Crippen molar-refractivity contribution < 1.29 is 5.11 Å². The first kappa shape index (κ1) is 12.2. The van der Waals surface area contributed by atoms with Crippen molar-refractivity contribution in [3.63, 3.8) is 0 Å². The van der Waals surface area contributed by atoms with Crippen molar-refractivity contribution in [3.05, 3.63) is 62.8 Å². The molecule has 0 saturated heterocycles. The van der Waals surface area contributed by atoms with Crippen LogP contribution < -0.4 is 11.2 Å². The van der Waals surface area contributed by atoms with Gasteiger partial charge in [0.2, 0.25) is 5.88 Å². The molecule has 94 valence electrons. The molecule has 2 aromatic rings. The molecule has 0 fully saturated rings. The van der Waals surface area contributed by atoms with E-state index in [0.717, 1.165) is 16.2 Å². The van der Waals surface area contributed by atoms with E-state index in [0.29, 0.717) is 0 Å². The van der Waals surface area contributed by atoms with Gasteiger partial charge in [-0.25, -0.2) is 4.79 Å². The quantitative estimate of drug-likeness (QED) is 0.870. The first-order valence-electron chi connectivity index (χ1n) is 5.71. The van der Waals surface area contributed by atoms with Gasteiger partial charge < -0.3 is 5.11 Å². The van der Waals surface area contributed by atoms with E-state index in [1.165, 1.54) is 4.57 Å². The van der Waals surface area contributed by atoms with E-state index >= 15 is 0 Å². The van der Waals surface area contributed by atoms with Crippen LogP contribution >= 0.6 is 0 Å². The summed E-state index contributed by atoms with van der Waals surface area (Å²) >= 11 is 0. The SMILES string of the molecule is CCn1c(=O)cc(O)n(Cc2ccccc2)c1=O. The minimum absolute atomic E-state index is 0.242. The lowest BCUT2D eigenvalue weighted by molar-refractivity contribution is 0.399. The van der Waals surface area contributed by atoms with Crippen LogP contribution in [0.2, 0.25) is 0 Å². The van der Waals surface area contributed by atoms with E-state index in [-0.39, 0.29) is 19.0 Å². The fraction of sp³-hybridized carbons (Fsp3) is 0.231. The van der Waals surface area contributed by atoms with Gasteiger partial charge in [0.05, 0.1) is 12.6 Å². The third-order valence-corrected chi connectivity index (χ3v) is 2.76. The van der Waals surface area contributed by atoms with Crippen molar-refractivity contribution in [1.29, 1.82) is 0 Å². The molecule has 18 heavy (non-hydrogen) atoms. The van der Waals surface area contributed by atoms with Gasteiger partial charge >= 0.3 is 5.69 Å². The van der Waals surface area contributed by atoms with Gasteiger partial charge in [-0.15, -0.1) is 0 Å². The van der Waals surface area contributed by atoms with E-state index in [4.69, 9.17) is 0 Å². The van der Waals surface area contributed by atoms with Crippen LogP contribution in [0.1, 0.15) is 12.5 Å². The molecule has 0 spiro atoms. The van der Waals surface area contributed by atoms with Crippen molar-refractivity contribution in [2.45, 2.75) is 20.0 Å². The molecular weight excluding hydrogens is 232 g/mol. The maximum absolute atomic E-state index is 12.0. The Hall–Kier alpha value is -2.30. The minimum Gasteiger partial charge on any atom is -0.494 e. The first-order chi connectivity index (χ1) is 8.63. The van der Waals surface area contributed by atoms with Gasteiger partial charge in [-0.3, -0.25) is 13.9 Å². The van der Waals surface area contributed by atoms with Crippen molar-refractivity contribution >= 4 is 0 Å². The van der Waals surface area contributed by atoms with Crippen molar-refractivity contribution in [2.75, 3.05) is 0 Å². The normalized spacial score (nSPS) is 10.5. The fourth-order valence-corrected chi connectivity index (χ4v) is 1.81. The second-order valence-corrected chi connectivity index (χ2v) is 3.94. The maximum Gasteiger partial charge on any atom is 0.334 e. The highest BCUT2D eigenvalue weighted by molar-refractivity contribution is 5.17. The van der Waals surface area contributed by atoms with Gasteiger partial charge in [0.15, 0.2) is 0 Å². The van der Waals surface area contributed by atoms with Crippen LogP contribution in [0.25, 0.3) is 0 Å². The summed E-state index contributed by atoms with van der Waals surface area (Å²) < 4.78 is 2.27. The van der Waals surface area contributed by atoms with Gasteiger partial charge in [0, 0.05) is 6.54 Å². The largest absolute Gasteiger partial charge is 0.494 e. The Balaban J connectivity index is 2.52. The van der Waals surface area contributed by atoms with Crippen LogP contribution in [0.15, 0.2) is 46.0 Å². The Bertz CT molecular complexity index is 656. The number of benzene rings is 1. The van der Waals surface area contributed by atoms with Crippen LogP contribution in [0, 0.1) is 0 Å². The molecule has 0 saturated carbocycles. The van der Waals surface area contributed by atoms with E-state index in [1.54, 1.807) is 6.92 Å². The molecule has 5 heteroatoms. The Kier molecular flexibility index (Phi) is 3.32. The van der Waals surface area contributed by atoms with Crippen LogP contribution in [-0.4, -0.2) is 14.2 Å². The predicted octanol–water partition coefficient (Wildman–Crippen LogP) is 0.784. The molecule has 1 heterocycles. The third-order valence-electron chi connectivity index (χ3n) is 2.76. The average Bonchev–Trinajstić information content (AvgIpc) is 2.36. The number of aromatic nitrogens is 2. The van der Waals surface area contributed by atoms with E-state index in [9.17, 15) is 14.7 Å². The zero-order chi connectivity index (χ0) is 13.1. The molecule has 0 aliphatic heterocycles. The summed E-state index contributed by atoms with van der Waals surface area (Å²) in [5.74, 6) is -0.307. The topological polar surface area (TPSA) is 64.2 Å².